The molecule has 5 nitrogen and oxygen atoms in total. The summed E-state index contributed by atoms with van der Waals surface area (Å²) in [5.41, 5.74) is 6.35. The molecule has 1 aliphatic rings. The van der Waals surface area contributed by atoms with Crippen molar-refractivity contribution >= 4 is 15.8 Å². The molecule has 1 aliphatic heterocycles. The zero-order chi connectivity index (χ0) is 27.5. The highest BCUT2D eigenvalue weighted by molar-refractivity contribution is 7.89. The van der Waals surface area contributed by atoms with E-state index in [4.69, 9.17) is 0 Å². The van der Waals surface area contributed by atoms with Crippen molar-refractivity contribution in [2.45, 2.75) is 77.4 Å². The molecule has 0 fully saturated rings. The summed E-state index contributed by atoms with van der Waals surface area (Å²) in [5, 5.41) is 0. The second kappa shape index (κ2) is 11.5. The van der Waals surface area contributed by atoms with Gasteiger partial charge in [-0.15, -0.1) is 0 Å². The summed E-state index contributed by atoms with van der Waals surface area (Å²) in [6.07, 6.45) is 1.89. The minimum absolute atomic E-state index is 0.00338. The first-order valence-electron chi connectivity index (χ1n) is 13.5. The average molecular weight is 533 g/mol. The van der Waals surface area contributed by atoms with E-state index in [0.29, 0.717) is 30.8 Å². The van der Waals surface area contributed by atoms with Crippen LogP contribution < -0.4 is 0 Å². The largest absolute Gasteiger partial charge is 0.294 e. The minimum atomic E-state index is -3.54. The van der Waals surface area contributed by atoms with Gasteiger partial charge in [-0.05, 0) is 88.9 Å². The molecule has 0 bridgehead atoms. The van der Waals surface area contributed by atoms with Crippen molar-refractivity contribution < 1.29 is 13.2 Å². The van der Waals surface area contributed by atoms with Gasteiger partial charge in [0.05, 0.1) is 4.90 Å². The molecule has 4 rings (SSSR count). The maximum atomic E-state index is 13.1. The number of nitrogens with zero attached hydrogens (tertiary/aromatic N) is 2. The Morgan fingerprint density at radius 1 is 0.921 bits per heavy atom. The van der Waals surface area contributed by atoms with Crippen LogP contribution in [0.4, 0.5) is 0 Å². The maximum Gasteiger partial charge on any atom is 0.243 e. The van der Waals surface area contributed by atoms with Crippen molar-refractivity contribution in [1.82, 2.24) is 9.21 Å². The Bertz CT molecular complexity index is 1390. The van der Waals surface area contributed by atoms with Crippen molar-refractivity contribution in [2.75, 3.05) is 13.1 Å². The maximum absolute atomic E-state index is 13.1. The lowest BCUT2D eigenvalue weighted by Gasteiger charge is -2.36. The lowest BCUT2D eigenvalue weighted by Crippen LogP contribution is -2.41. The molecule has 0 N–H and O–H groups in total. The summed E-state index contributed by atoms with van der Waals surface area (Å²) >= 11 is 0. The molecule has 0 amide bonds. The number of aryl methyl sites for hydroxylation is 2. The highest BCUT2D eigenvalue weighted by atomic mass is 32.2. The number of fused-ring (bicyclic) bond motifs is 1. The smallest absolute Gasteiger partial charge is 0.243 e. The summed E-state index contributed by atoms with van der Waals surface area (Å²) < 4.78 is 27.8. The highest BCUT2D eigenvalue weighted by Crippen LogP contribution is 2.27. The van der Waals surface area contributed by atoms with Gasteiger partial charge in [-0.1, -0.05) is 59.7 Å². The number of rotatable bonds is 9. The summed E-state index contributed by atoms with van der Waals surface area (Å²) in [7, 11) is -3.54. The molecule has 0 atom stereocenters. The first kappa shape index (κ1) is 28.2. The van der Waals surface area contributed by atoms with Gasteiger partial charge in [0.25, 0.3) is 0 Å². The fourth-order valence-electron chi connectivity index (χ4n) is 5.02. The summed E-state index contributed by atoms with van der Waals surface area (Å²) in [6, 6.07) is 21.4. The van der Waals surface area contributed by atoms with Gasteiger partial charge in [0.1, 0.15) is 0 Å². The molecule has 202 valence electrons. The van der Waals surface area contributed by atoms with E-state index in [2.05, 4.69) is 56.9 Å². The molecule has 0 spiro atoms. The summed E-state index contributed by atoms with van der Waals surface area (Å²) in [4.78, 5) is 15.8. The van der Waals surface area contributed by atoms with Gasteiger partial charge in [-0.3, -0.25) is 9.69 Å². The summed E-state index contributed by atoms with van der Waals surface area (Å²) in [5.74, 6) is 0.145. The first-order chi connectivity index (χ1) is 17.9. The third kappa shape index (κ3) is 6.79. The van der Waals surface area contributed by atoms with Crippen LogP contribution in [0.15, 0.2) is 71.6 Å². The second-order valence-electron chi connectivity index (χ2n) is 11.5. The van der Waals surface area contributed by atoms with Crippen molar-refractivity contribution in [1.29, 1.82) is 0 Å². The molecule has 1 heterocycles. The van der Waals surface area contributed by atoms with Crippen molar-refractivity contribution in [2.24, 2.45) is 0 Å². The number of hydrogen-bond acceptors (Lipinski definition) is 4. The van der Waals surface area contributed by atoms with E-state index in [0.717, 1.165) is 41.8 Å². The van der Waals surface area contributed by atoms with Crippen LogP contribution in [-0.4, -0.2) is 42.0 Å². The summed E-state index contributed by atoms with van der Waals surface area (Å²) in [6.45, 7) is 13.2. The molecular weight excluding hydrogens is 492 g/mol. The zero-order valence-corrected chi connectivity index (χ0v) is 24.1. The number of carbonyl (C=O) groups excluding carboxylic acids is 1. The fourth-order valence-corrected chi connectivity index (χ4v) is 6.44. The fraction of sp³-hybridized carbons (Fsp3) is 0.406. The van der Waals surface area contributed by atoms with E-state index in [1.807, 2.05) is 37.3 Å². The molecule has 0 saturated heterocycles. The molecule has 0 saturated carbocycles. The number of Topliss-reactive ketones (excluding diaryl/α,β-unsaturated/α-hetero) is 1. The van der Waals surface area contributed by atoms with Crippen LogP contribution in [-0.2, 0) is 29.5 Å². The molecule has 0 aromatic heterocycles. The topological polar surface area (TPSA) is 57.7 Å². The zero-order valence-electron chi connectivity index (χ0n) is 23.3. The van der Waals surface area contributed by atoms with E-state index >= 15 is 0 Å². The Balaban J connectivity index is 1.37. The van der Waals surface area contributed by atoms with Crippen LogP contribution in [0, 0.1) is 13.8 Å². The molecule has 0 unspecified atom stereocenters. The Morgan fingerprint density at radius 3 is 2.34 bits per heavy atom. The van der Waals surface area contributed by atoms with E-state index < -0.39 is 10.0 Å². The van der Waals surface area contributed by atoms with Crippen LogP contribution >= 0.6 is 0 Å². The Morgan fingerprint density at radius 2 is 1.66 bits per heavy atom. The van der Waals surface area contributed by atoms with E-state index in [9.17, 15) is 13.2 Å². The third-order valence-electron chi connectivity index (χ3n) is 7.40. The van der Waals surface area contributed by atoms with Crippen molar-refractivity contribution in [3.05, 3.63) is 100 Å². The van der Waals surface area contributed by atoms with Crippen LogP contribution in [0.25, 0.3) is 0 Å². The number of sulfonamides is 1. The first-order valence-corrected chi connectivity index (χ1v) is 14.9. The van der Waals surface area contributed by atoms with Crippen LogP contribution in [0.1, 0.15) is 71.8 Å². The lowest BCUT2D eigenvalue weighted by molar-refractivity contribution is 0.0945. The Hall–Kier alpha value is -2.80. The average Bonchev–Trinajstić information content (AvgIpc) is 2.87. The monoisotopic (exact) mass is 532 g/mol. The molecule has 3 aromatic rings. The van der Waals surface area contributed by atoms with E-state index in [1.54, 1.807) is 12.1 Å². The van der Waals surface area contributed by atoms with Gasteiger partial charge in [0.2, 0.25) is 10.0 Å². The minimum Gasteiger partial charge on any atom is -0.294 e. The third-order valence-corrected chi connectivity index (χ3v) is 9.26. The van der Waals surface area contributed by atoms with Crippen LogP contribution in [0.3, 0.4) is 0 Å². The molecule has 3 aromatic carbocycles. The quantitative estimate of drug-likeness (QED) is 0.303. The van der Waals surface area contributed by atoms with Gasteiger partial charge >= 0.3 is 0 Å². The number of benzene rings is 3. The van der Waals surface area contributed by atoms with E-state index in [1.165, 1.54) is 15.4 Å². The van der Waals surface area contributed by atoms with E-state index in [-0.39, 0.29) is 11.3 Å². The highest BCUT2D eigenvalue weighted by Gasteiger charge is 2.29. The standard InChI is InChI=1S/C32H40N2O3S/c1-24-11-15-30(16-12-24)38(36,37)34-19-17-27-21-28(13-14-29(27)23-34)31(35)10-7-18-33(32(3,4)5)22-26-9-6-8-25(2)20-26/h6,8-9,11-16,20-21H,7,10,17-19,22-23H2,1-5H3. The molecule has 38 heavy (non-hydrogen) atoms. The SMILES string of the molecule is Cc1ccc(S(=O)(=O)N2CCc3cc(C(=O)CCCN(Cc4cccc(C)c4)C(C)(C)C)ccc3C2)cc1. The van der Waals surface area contributed by atoms with Gasteiger partial charge in [0.15, 0.2) is 5.78 Å². The van der Waals surface area contributed by atoms with Gasteiger partial charge in [-0.2, -0.15) is 4.31 Å². The second-order valence-corrected chi connectivity index (χ2v) is 13.4. The molecule has 0 radical (unpaired) electrons. The van der Waals surface area contributed by atoms with Crippen molar-refractivity contribution in [3.63, 3.8) is 0 Å². The van der Waals surface area contributed by atoms with Gasteiger partial charge < -0.3 is 0 Å². The van der Waals surface area contributed by atoms with Crippen molar-refractivity contribution in [3.8, 4) is 0 Å². The molecular formula is C32H40N2O3S. The number of hydrogen-bond donors (Lipinski definition) is 0. The molecule has 6 heteroatoms. The van der Waals surface area contributed by atoms with Crippen LogP contribution in [0.2, 0.25) is 0 Å². The lowest BCUT2D eigenvalue weighted by atomic mass is 9.95. The molecule has 0 aliphatic carbocycles. The predicted molar refractivity (Wildman–Crippen MR) is 154 cm³/mol. The van der Waals surface area contributed by atoms with Crippen LogP contribution in [0.5, 0.6) is 0 Å². The number of carbonyl (C=O) groups is 1. The number of ketones is 1. The Labute approximate surface area is 228 Å². The Kier molecular flexibility index (Phi) is 8.55. The normalized spacial score (nSPS) is 14.5. The predicted octanol–water partition coefficient (Wildman–Crippen LogP) is 6.31. The van der Waals surface area contributed by atoms with Gasteiger partial charge in [-0.25, -0.2) is 8.42 Å². The van der Waals surface area contributed by atoms with Gasteiger partial charge in [0, 0.05) is 37.2 Å².